The number of rotatable bonds is 6. The van der Waals surface area contributed by atoms with Gasteiger partial charge in [-0.1, -0.05) is 0 Å². The topological polar surface area (TPSA) is 59.9 Å². The molecule has 0 radical (unpaired) electrons. The molecule has 0 saturated carbocycles. The molecule has 5 nitrogen and oxygen atoms in total. The van der Waals surface area contributed by atoms with E-state index in [1.807, 2.05) is 0 Å². The first kappa shape index (κ1) is 14.7. The third-order valence-corrected chi connectivity index (χ3v) is 2.11. The van der Waals surface area contributed by atoms with Gasteiger partial charge in [0.2, 0.25) is 11.2 Å². The zero-order chi connectivity index (χ0) is 13.6. The summed E-state index contributed by atoms with van der Waals surface area (Å²) in [4.78, 5) is 11.3. The Bertz CT molecular complexity index is 389. The number of ether oxygens (including phenoxy) is 1. The number of nitrogens with one attached hydrogen (secondary N) is 1. The molecule has 0 saturated heterocycles. The third-order valence-electron chi connectivity index (χ3n) is 1.94. The Kier molecular flexibility index (Phi) is 5.39. The van der Waals surface area contributed by atoms with Crippen molar-refractivity contribution in [3.05, 3.63) is 5.28 Å². The van der Waals surface area contributed by atoms with E-state index in [0.29, 0.717) is 13.0 Å². The number of nitrogens with zero attached hydrogens (tertiary/aromatic N) is 3. The fourth-order valence-corrected chi connectivity index (χ4v) is 1.31. The van der Waals surface area contributed by atoms with Gasteiger partial charge in [0.05, 0.1) is 7.11 Å². The number of anilines is 1. The van der Waals surface area contributed by atoms with Crippen molar-refractivity contribution in [1.29, 1.82) is 0 Å². The normalized spacial score (nSPS) is 11.4. The summed E-state index contributed by atoms with van der Waals surface area (Å²) < 4.78 is 40.4. The molecule has 0 spiro atoms. The van der Waals surface area contributed by atoms with E-state index < -0.39 is 12.6 Å². The van der Waals surface area contributed by atoms with Gasteiger partial charge in [0.15, 0.2) is 0 Å². The smallest absolute Gasteiger partial charge is 0.389 e. The van der Waals surface area contributed by atoms with Gasteiger partial charge in [0, 0.05) is 13.0 Å². The molecule has 0 bridgehead atoms. The molecule has 0 aliphatic rings. The summed E-state index contributed by atoms with van der Waals surface area (Å²) >= 11 is 5.60. The van der Waals surface area contributed by atoms with E-state index >= 15 is 0 Å². The van der Waals surface area contributed by atoms with Crippen LogP contribution in [0.3, 0.4) is 0 Å². The molecule has 0 aromatic carbocycles. The molecule has 0 amide bonds. The first-order chi connectivity index (χ1) is 8.40. The SMILES string of the molecule is COc1nc(Cl)nc(NCCCCC(F)(F)F)n1. The van der Waals surface area contributed by atoms with Crippen LogP contribution in [0.4, 0.5) is 19.1 Å². The van der Waals surface area contributed by atoms with Gasteiger partial charge in [-0.15, -0.1) is 0 Å². The molecular formula is C9H12ClF3N4O. The quantitative estimate of drug-likeness (QED) is 0.814. The minimum atomic E-state index is -4.11. The van der Waals surface area contributed by atoms with Crippen molar-refractivity contribution in [2.45, 2.75) is 25.4 Å². The molecule has 1 rings (SSSR count). The Balaban J connectivity index is 2.33. The maximum Gasteiger partial charge on any atom is 0.389 e. The standard InChI is InChI=1S/C9H12ClF3N4O/c1-18-8-16-6(10)15-7(17-8)14-5-3-2-4-9(11,12)13/h2-5H2,1H3,(H,14,15,16,17). The van der Waals surface area contributed by atoms with Crippen LogP contribution in [-0.2, 0) is 0 Å². The molecule has 18 heavy (non-hydrogen) atoms. The van der Waals surface area contributed by atoms with Crippen LogP contribution in [0.25, 0.3) is 0 Å². The minimum Gasteiger partial charge on any atom is -0.467 e. The van der Waals surface area contributed by atoms with E-state index in [0.717, 1.165) is 0 Å². The number of halogens is 4. The Morgan fingerprint density at radius 3 is 2.56 bits per heavy atom. The van der Waals surface area contributed by atoms with Gasteiger partial charge < -0.3 is 10.1 Å². The van der Waals surface area contributed by atoms with Crippen molar-refractivity contribution in [1.82, 2.24) is 15.0 Å². The summed E-state index contributed by atoms with van der Waals surface area (Å²) in [6.45, 7) is 0.319. The van der Waals surface area contributed by atoms with E-state index in [9.17, 15) is 13.2 Å². The highest BCUT2D eigenvalue weighted by Gasteiger charge is 2.25. The predicted octanol–water partition coefficient (Wildman–Crippen LogP) is 2.68. The average Bonchev–Trinajstić information content (AvgIpc) is 2.26. The van der Waals surface area contributed by atoms with Crippen molar-refractivity contribution in [3.63, 3.8) is 0 Å². The molecule has 0 fully saturated rings. The van der Waals surface area contributed by atoms with E-state index in [4.69, 9.17) is 16.3 Å². The van der Waals surface area contributed by atoms with Gasteiger partial charge in [-0.05, 0) is 24.4 Å². The minimum absolute atomic E-state index is 0.0420. The Morgan fingerprint density at radius 1 is 1.22 bits per heavy atom. The van der Waals surface area contributed by atoms with Gasteiger partial charge in [0.25, 0.3) is 0 Å². The number of aromatic nitrogens is 3. The number of methoxy groups -OCH3 is 1. The zero-order valence-electron chi connectivity index (χ0n) is 9.59. The lowest BCUT2D eigenvalue weighted by molar-refractivity contribution is -0.135. The van der Waals surface area contributed by atoms with Gasteiger partial charge in [-0.25, -0.2) is 0 Å². The lowest BCUT2D eigenvalue weighted by Gasteiger charge is -2.07. The molecule has 1 heterocycles. The van der Waals surface area contributed by atoms with Gasteiger partial charge >= 0.3 is 12.2 Å². The highest BCUT2D eigenvalue weighted by atomic mass is 35.5. The number of hydrogen-bond acceptors (Lipinski definition) is 5. The fourth-order valence-electron chi connectivity index (χ4n) is 1.15. The Labute approximate surface area is 107 Å². The summed E-state index contributed by atoms with van der Waals surface area (Å²) in [5.41, 5.74) is 0. The Morgan fingerprint density at radius 2 is 1.94 bits per heavy atom. The summed E-state index contributed by atoms with van der Waals surface area (Å²) in [7, 11) is 1.37. The van der Waals surface area contributed by atoms with Crippen molar-refractivity contribution >= 4 is 17.5 Å². The molecule has 0 aliphatic heterocycles. The molecular weight excluding hydrogens is 273 g/mol. The molecule has 102 valence electrons. The highest BCUT2D eigenvalue weighted by Crippen LogP contribution is 2.22. The lowest BCUT2D eigenvalue weighted by atomic mass is 10.2. The van der Waals surface area contributed by atoms with E-state index in [1.54, 1.807) is 0 Å². The van der Waals surface area contributed by atoms with Crippen LogP contribution in [0.1, 0.15) is 19.3 Å². The highest BCUT2D eigenvalue weighted by molar-refractivity contribution is 6.28. The molecule has 1 N–H and O–H groups in total. The largest absolute Gasteiger partial charge is 0.467 e. The number of unbranched alkanes of at least 4 members (excludes halogenated alkanes) is 1. The summed E-state index contributed by atoms with van der Waals surface area (Å²) in [5, 5.41) is 2.71. The fraction of sp³-hybridized carbons (Fsp3) is 0.667. The Hall–Kier alpha value is -1.31. The summed E-state index contributed by atoms with van der Waals surface area (Å²) in [6.07, 6.45) is -4.51. The van der Waals surface area contributed by atoms with Crippen molar-refractivity contribution in [2.24, 2.45) is 0 Å². The first-order valence-corrected chi connectivity index (χ1v) is 5.55. The maximum absolute atomic E-state index is 11.9. The van der Waals surface area contributed by atoms with Crippen molar-refractivity contribution in [3.8, 4) is 6.01 Å². The second kappa shape index (κ2) is 6.58. The molecule has 0 unspecified atom stereocenters. The van der Waals surface area contributed by atoms with Gasteiger partial charge in [-0.3, -0.25) is 0 Å². The second-order valence-electron chi connectivity index (χ2n) is 3.41. The monoisotopic (exact) mass is 284 g/mol. The molecule has 1 aromatic rings. The summed E-state index contributed by atoms with van der Waals surface area (Å²) in [5.74, 6) is 0.179. The molecule has 0 atom stereocenters. The van der Waals surface area contributed by atoms with Gasteiger partial charge in [-0.2, -0.15) is 28.1 Å². The van der Waals surface area contributed by atoms with Crippen LogP contribution in [0, 0.1) is 0 Å². The molecule has 9 heteroatoms. The van der Waals surface area contributed by atoms with Crippen molar-refractivity contribution < 1.29 is 17.9 Å². The third kappa shape index (κ3) is 5.85. The van der Waals surface area contributed by atoms with Crippen LogP contribution in [0.2, 0.25) is 5.28 Å². The average molecular weight is 285 g/mol. The molecule has 0 aliphatic carbocycles. The summed E-state index contributed by atoms with van der Waals surface area (Å²) in [6, 6.07) is 0.0489. The van der Waals surface area contributed by atoms with Gasteiger partial charge in [0.1, 0.15) is 0 Å². The van der Waals surface area contributed by atoms with Crippen LogP contribution in [0.5, 0.6) is 6.01 Å². The maximum atomic E-state index is 11.9. The first-order valence-electron chi connectivity index (χ1n) is 5.17. The van der Waals surface area contributed by atoms with Crippen molar-refractivity contribution in [2.75, 3.05) is 19.0 Å². The van der Waals surface area contributed by atoms with E-state index in [1.165, 1.54) is 7.11 Å². The molecule has 1 aromatic heterocycles. The number of hydrogen-bond donors (Lipinski definition) is 1. The lowest BCUT2D eigenvalue weighted by Crippen LogP contribution is -2.10. The number of alkyl halides is 3. The zero-order valence-corrected chi connectivity index (χ0v) is 10.3. The second-order valence-corrected chi connectivity index (χ2v) is 3.75. The van der Waals surface area contributed by atoms with Crippen LogP contribution >= 0.6 is 11.6 Å². The van der Waals surface area contributed by atoms with Crippen LogP contribution < -0.4 is 10.1 Å². The van der Waals surface area contributed by atoms with Crippen LogP contribution in [-0.4, -0.2) is 34.8 Å². The van der Waals surface area contributed by atoms with E-state index in [-0.39, 0.29) is 23.7 Å². The van der Waals surface area contributed by atoms with E-state index in [2.05, 4.69) is 20.3 Å². The van der Waals surface area contributed by atoms with Crippen LogP contribution in [0.15, 0.2) is 0 Å². The predicted molar refractivity (Wildman–Crippen MR) is 59.8 cm³/mol.